The van der Waals surface area contributed by atoms with Crippen molar-refractivity contribution < 1.29 is 9.53 Å². The zero-order valence-electron chi connectivity index (χ0n) is 17.9. The highest BCUT2D eigenvalue weighted by Crippen LogP contribution is 2.41. The van der Waals surface area contributed by atoms with E-state index in [1.54, 1.807) is 12.1 Å². The molecular weight excluding hydrogens is 368 g/mol. The first kappa shape index (κ1) is 20.2. The third-order valence-electron chi connectivity index (χ3n) is 6.04. The molecule has 0 aromatic heterocycles. The van der Waals surface area contributed by atoms with Gasteiger partial charge in [-0.25, -0.2) is 4.79 Å². The molecule has 0 amide bonds. The molecule has 0 N–H and O–H groups in total. The molecule has 1 aliphatic rings. The van der Waals surface area contributed by atoms with Crippen molar-refractivity contribution in [3.05, 3.63) is 95.1 Å². The average molecular weight is 397 g/mol. The summed E-state index contributed by atoms with van der Waals surface area (Å²) in [5.74, 6) is 0.215. The van der Waals surface area contributed by atoms with Gasteiger partial charge >= 0.3 is 5.97 Å². The summed E-state index contributed by atoms with van der Waals surface area (Å²) in [6.07, 6.45) is 8.22. The summed E-state index contributed by atoms with van der Waals surface area (Å²) in [7, 11) is 0. The van der Waals surface area contributed by atoms with E-state index in [9.17, 15) is 4.79 Å². The van der Waals surface area contributed by atoms with Crippen LogP contribution in [0, 0.1) is 5.41 Å². The molecule has 1 aliphatic carbocycles. The molecule has 3 aromatic rings. The summed E-state index contributed by atoms with van der Waals surface area (Å²) in [6, 6.07) is 21.2. The Bertz CT molecular complexity index is 1130. The van der Waals surface area contributed by atoms with Crippen LogP contribution in [0.2, 0.25) is 0 Å². The Morgan fingerprint density at radius 3 is 2.43 bits per heavy atom. The molecule has 4 rings (SSSR count). The maximum atomic E-state index is 12.5. The number of allylic oxidation sites excluding steroid dienone is 3. The molecule has 2 heteroatoms. The lowest BCUT2D eigenvalue weighted by Gasteiger charge is -2.32. The van der Waals surface area contributed by atoms with E-state index < -0.39 is 0 Å². The highest BCUT2D eigenvalue weighted by atomic mass is 16.5. The van der Waals surface area contributed by atoms with Crippen LogP contribution in [0.4, 0.5) is 0 Å². The van der Waals surface area contributed by atoms with Crippen molar-refractivity contribution in [2.24, 2.45) is 5.41 Å². The van der Waals surface area contributed by atoms with Crippen LogP contribution in [-0.4, -0.2) is 5.97 Å². The summed E-state index contributed by atoms with van der Waals surface area (Å²) in [6.45, 7) is 6.94. The van der Waals surface area contributed by atoms with Gasteiger partial charge in [0.05, 0.1) is 5.56 Å². The number of esters is 1. The average Bonchev–Trinajstić information content (AvgIpc) is 2.73. The van der Waals surface area contributed by atoms with Gasteiger partial charge in [-0.2, -0.15) is 0 Å². The number of hydrogen-bond donors (Lipinski definition) is 0. The lowest BCUT2D eigenvalue weighted by molar-refractivity contribution is 0.0735. The first-order valence-corrected chi connectivity index (χ1v) is 10.6. The van der Waals surface area contributed by atoms with Crippen molar-refractivity contribution in [1.29, 1.82) is 0 Å². The lowest BCUT2D eigenvalue weighted by atomic mass is 9.72. The molecule has 0 fully saturated rings. The van der Waals surface area contributed by atoms with Crippen LogP contribution in [0.15, 0.2) is 84.0 Å². The van der Waals surface area contributed by atoms with Gasteiger partial charge in [0.25, 0.3) is 0 Å². The fourth-order valence-electron chi connectivity index (χ4n) is 4.34. The van der Waals surface area contributed by atoms with Crippen molar-refractivity contribution in [2.75, 3.05) is 0 Å². The number of rotatable bonds is 4. The van der Waals surface area contributed by atoms with Gasteiger partial charge < -0.3 is 4.74 Å². The molecule has 0 unspecified atom stereocenters. The van der Waals surface area contributed by atoms with Crippen molar-refractivity contribution in [1.82, 2.24) is 0 Å². The normalized spacial score (nSPS) is 16.2. The molecule has 0 spiro atoms. The summed E-state index contributed by atoms with van der Waals surface area (Å²) in [5.41, 5.74) is 4.94. The SMILES string of the molecule is CC1=C(/C=C/c2ccc3cc(C(=O)Oc4ccccc4)ccc3c2)C(C)(C)CCC1. The van der Waals surface area contributed by atoms with Crippen LogP contribution in [-0.2, 0) is 0 Å². The minimum absolute atomic E-state index is 0.240. The minimum Gasteiger partial charge on any atom is -0.423 e. The van der Waals surface area contributed by atoms with Gasteiger partial charge in [-0.05, 0) is 83.8 Å². The predicted octanol–water partition coefficient (Wildman–Crippen LogP) is 7.60. The van der Waals surface area contributed by atoms with Gasteiger partial charge in [0.15, 0.2) is 0 Å². The van der Waals surface area contributed by atoms with Gasteiger partial charge in [-0.15, -0.1) is 0 Å². The van der Waals surface area contributed by atoms with Gasteiger partial charge in [-0.3, -0.25) is 0 Å². The Hall–Kier alpha value is -3.13. The van der Waals surface area contributed by atoms with Crippen molar-refractivity contribution in [3.63, 3.8) is 0 Å². The smallest absolute Gasteiger partial charge is 0.343 e. The Kier molecular flexibility index (Phi) is 5.59. The van der Waals surface area contributed by atoms with E-state index in [0.717, 1.165) is 10.8 Å². The molecular formula is C28H28O2. The van der Waals surface area contributed by atoms with E-state index in [2.05, 4.69) is 51.1 Å². The van der Waals surface area contributed by atoms with Crippen molar-refractivity contribution >= 4 is 22.8 Å². The Morgan fingerprint density at radius 1 is 0.933 bits per heavy atom. The Morgan fingerprint density at radius 2 is 1.67 bits per heavy atom. The number of carbonyl (C=O) groups is 1. The molecule has 0 aliphatic heterocycles. The molecule has 0 radical (unpaired) electrons. The number of para-hydroxylation sites is 1. The van der Waals surface area contributed by atoms with E-state index in [0.29, 0.717) is 11.3 Å². The zero-order valence-corrected chi connectivity index (χ0v) is 17.9. The van der Waals surface area contributed by atoms with Gasteiger partial charge in [-0.1, -0.05) is 68.0 Å². The first-order chi connectivity index (χ1) is 14.4. The Balaban J connectivity index is 1.55. The molecule has 0 saturated carbocycles. The quantitative estimate of drug-likeness (QED) is 0.335. The third-order valence-corrected chi connectivity index (χ3v) is 6.04. The summed E-state index contributed by atoms with van der Waals surface area (Å²) in [5, 5.41) is 2.14. The molecule has 3 aromatic carbocycles. The Labute approximate surface area is 178 Å². The monoisotopic (exact) mass is 396 g/mol. The molecule has 30 heavy (non-hydrogen) atoms. The van der Waals surface area contributed by atoms with Crippen LogP contribution >= 0.6 is 0 Å². The number of hydrogen-bond acceptors (Lipinski definition) is 2. The van der Waals surface area contributed by atoms with Gasteiger partial charge in [0, 0.05) is 0 Å². The second-order valence-electron chi connectivity index (χ2n) is 8.79. The summed E-state index contributed by atoms with van der Waals surface area (Å²) in [4.78, 5) is 12.5. The van der Waals surface area contributed by atoms with E-state index in [4.69, 9.17) is 4.74 Å². The van der Waals surface area contributed by atoms with Crippen LogP contribution in [0.1, 0.15) is 56.0 Å². The fourth-order valence-corrected chi connectivity index (χ4v) is 4.34. The second-order valence-corrected chi connectivity index (χ2v) is 8.79. The molecule has 0 atom stereocenters. The maximum absolute atomic E-state index is 12.5. The maximum Gasteiger partial charge on any atom is 0.343 e. The van der Waals surface area contributed by atoms with Crippen molar-refractivity contribution in [3.8, 4) is 5.75 Å². The summed E-state index contributed by atoms with van der Waals surface area (Å²) >= 11 is 0. The standard InChI is InChI=1S/C28H28O2/c1-20-8-7-17-28(2,3)26(20)16-12-21-11-13-23-19-24(15-14-22(23)18-21)27(29)30-25-9-5-4-6-10-25/h4-6,9-16,18-19H,7-8,17H2,1-3H3/b16-12+. The van der Waals surface area contributed by atoms with Crippen molar-refractivity contribution in [2.45, 2.75) is 40.0 Å². The van der Waals surface area contributed by atoms with E-state index in [1.807, 2.05) is 36.4 Å². The van der Waals surface area contributed by atoms with E-state index in [1.165, 1.54) is 36.0 Å². The highest BCUT2D eigenvalue weighted by molar-refractivity contribution is 5.96. The van der Waals surface area contributed by atoms with Gasteiger partial charge in [0.2, 0.25) is 0 Å². The first-order valence-electron chi connectivity index (χ1n) is 10.6. The second kappa shape index (κ2) is 8.31. The summed E-state index contributed by atoms with van der Waals surface area (Å²) < 4.78 is 5.45. The van der Waals surface area contributed by atoms with Crippen LogP contribution in [0.25, 0.3) is 16.8 Å². The number of benzene rings is 3. The highest BCUT2D eigenvalue weighted by Gasteiger charge is 2.26. The number of ether oxygens (including phenoxy) is 1. The molecule has 0 bridgehead atoms. The van der Waals surface area contributed by atoms with Crippen LogP contribution < -0.4 is 4.74 Å². The molecule has 2 nitrogen and oxygen atoms in total. The molecule has 152 valence electrons. The van der Waals surface area contributed by atoms with E-state index in [-0.39, 0.29) is 11.4 Å². The van der Waals surface area contributed by atoms with Crippen LogP contribution in [0.3, 0.4) is 0 Å². The van der Waals surface area contributed by atoms with E-state index >= 15 is 0 Å². The molecule has 0 heterocycles. The predicted molar refractivity (Wildman–Crippen MR) is 125 cm³/mol. The largest absolute Gasteiger partial charge is 0.423 e. The zero-order chi connectivity index (χ0) is 21.1. The third kappa shape index (κ3) is 4.38. The number of carbonyl (C=O) groups excluding carboxylic acids is 1. The minimum atomic E-state index is -0.339. The van der Waals surface area contributed by atoms with Crippen LogP contribution in [0.5, 0.6) is 5.75 Å². The topological polar surface area (TPSA) is 26.3 Å². The van der Waals surface area contributed by atoms with Gasteiger partial charge in [0.1, 0.15) is 5.75 Å². The fraction of sp³-hybridized carbons (Fsp3) is 0.250. The lowest BCUT2D eigenvalue weighted by Crippen LogP contribution is -2.18. The number of fused-ring (bicyclic) bond motifs is 1. The molecule has 0 saturated heterocycles.